The van der Waals surface area contributed by atoms with E-state index in [1.807, 2.05) is 11.8 Å². The van der Waals surface area contributed by atoms with Crippen LogP contribution in [0.25, 0.3) is 55.8 Å². The molecule has 0 saturated heterocycles. The first-order valence-electron chi connectivity index (χ1n) is 19.3. The molecule has 55 heavy (non-hydrogen) atoms. The smallest absolute Gasteiger partial charge is 0.0563 e. The lowest BCUT2D eigenvalue weighted by atomic mass is 9.91. The van der Waals surface area contributed by atoms with E-state index in [2.05, 4.69) is 198 Å². The molecule has 0 fully saturated rings. The van der Waals surface area contributed by atoms with Gasteiger partial charge in [-0.2, -0.15) is 0 Å². The standard InChI is InChI=1S/C52H38N2S/c1-2-11-35(12-3-1)36-21-27-41(28-22-36)53(49-19-10-17-46-45-16-7-9-20-51(45)55-52(46)49)42-29-23-37(24-30-42)38-25-31-43(32-26-38)54-48-18-8-6-15-44(48)47-33-39-13-4-5-14-40(39)34-50(47)54/h1-4,6-13,15-16,18-34,46H,5,14,17H2. The third kappa shape index (κ3) is 5.49. The van der Waals surface area contributed by atoms with Crippen LogP contribution in [0, 0.1) is 0 Å². The van der Waals surface area contributed by atoms with Crippen molar-refractivity contribution < 1.29 is 0 Å². The molecule has 0 saturated carbocycles. The molecule has 3 aliphatic rings. The Morgan fingerprint density at radius 3 is 1.96 bits per heavy atom. The lowest BCUT2D eigenvalue weighted by Crippen LogP contribution is -2.19. The molecule has 0 N–H and O–H groups in total. The largest absolute Gasteiger partial charge is 0.310 e. The number of thioether (sulfide) groups is 1. The Morgan fingerprint density at radius 1 is 0.545 bits per heavy atom. The third-order valence-electron chi connectivity index (χ3n) is 11.6. The Hall–Kier alpha value is -6.29. The monoisotopic (exact) mass is 722 g/mol. The zero-order valence-electron chi connectivity index (χ0n) is 30.4. The zero-order valence-corrected chi connectivity index (χ0v) is 31.2. The molecule has 1 atom stereocenters. The van der Waals surface area contributed by atoms with Gasteiger partial charge >= 0.3 is 0 Å². The first-order chi connectivity index (χ1) is 27.3. The highest BCUT2D eigenvalue weighted by Gasteiger charge is 2.33. The molecule has 1 aliphatic heterocycles. The molecule has 11 rings (SSSR count). The summed E-state index contributed by atoms with van der Waals surface area (Å²) >= 11 is 1.94. The third-order valence-corrected chi connectivity index (χ3v) is 12.9. The molecule has 2 aliphatic carbocycles. The molecule has 0 spiro atoms. The van der Waals surface area contributed by atoms with Gasteiger partial charge in [0.1, 0.15) is 0 Å². The molecule has 0 bridgehead atoms. The van der Waals surface area contributed by atoms with Crippen molar-refractivity contribution in [1.82, 2.24) is 4.57 Å². The van der Waals surface area contributed by atoms with Crippen molar-refractivity contribution in [3.05, 3.63) is 209 Å². The fourth-order valence-corrected chi connectivity index (χ4v) is 10.2. The second-order valence-electron chi connectivity index (χ2n) is 14.8. The molecule has 7 aromatic carbocycles. The summed E-state index contributed by atoms with van der Waals surface area (Å²) in [6.07, 6.45) is 12.5. The first-order valence-corrected chi connectivity index (χ1v) is 20.2. The number of benzene rings is 7. The van der Waals surface area contributed by atoms with Crippen LogP contribution in [0.1, 0.15) is 35.4 Å². The SMILES string of the molecule is C1=Cc2cc3c4ccccc4n(-c4ccc(-c5ccc(N(C6=C7Sc8ccccc8C7CC=C6)c6ccc(-c7ccccc7)cc6)cc5)cc4)c3cc2CC1. The number of hydrogen-bond acceptors (Lipinski definition) is 2. The van der Waals surface area contributed by atoms with Crippen molar-refractivity contribution in [3.8, 4) is 27.9 Å². The van der Waals surface area contributed by atoms with Gasteiger partial charge in [-0.25, -0.2) is 0 Å². The fourth-order valence-electron chi connectivity index (χ4n) is 8.88. The number of para-hydroxylation sites is 1. The number of anilines is 2. The zero-order chi connectivity index (χ0) is 36.3. The molecule has 3 heteroatoms. The summed E-state index contributed by atoms with van der Waals surface area (Å²) in [5.74, 6) is 0.391. The van der Waals surface area contributed by atoms with E-state index in [0.717, 1.165) is 30.6 Å². The van der Waals surface area contributed by atoms with Crippen molar-refractivity contribution in [3.63, 3.8) is 0 Å². The second kappa shape index (κ2) is 13.2. The Labute approximate surface area is 326 Å². The molecule has 2 heterocycles. The van der Waals surface area contributed by atoms with Gasteiger partial charge in [0.05, 0.1) is 16.7 Å². The minimum atomic E-state index is 0.391. The van der Waals surface area contributed by atoms with Crippen LogP contribution in [0.4, 0.5) is 11.4 Å². The van der Waals surface area contributed by atoms with Gasteiger partial charge < -0.3 is 9.47 Å². The molecule has 0 amide bonds. The van der Waals surface area contributed by atoms with Gasteiger partial charge in [-0.05, 0) is 125 Å². The summed E-state index contributed by atoms with van der Waals surface area (Å²) in [5.41, 5.74) is 16.4. The average Bonchev–Trinajstić information content (AvgIpc) is 3.80. The molecule has 1 aromatic heterocycles. The summed E-state index contributed by atoms with van der Waals surface area (Å²) in [6, 6.07) is 60.5. The van der Waals surface area contributed by atoms with E-state index in [9.17, 15) is 0 Å². The number of hydrogen-bond donors (Lipinski definition) is 0. The lowest BCUT2D eigenvalue weighted by molar-refractivity contribution is 0.822. The van der Waals surface area contributed by atoms with E-state index < -0.39 is 0 Å². The first kappa shape index (κ1) is 32.2. The number of aromatic nitrogens is 1. The minimum Gasteiger partial charge on any atom is -0.310 e. The Kier molecular flexibility index (Phi) is 7.74. The van der Waals surface area contributed by atoms with Gasteiger partial charge in [0.25, 0.3) is 0 Å². The molecule has 1 unspecified atom stereocenters. The second-order valence-corrected chi connectivity index (χ2v) is 15.9. The maximum atomic E-state index is 2.45. The number of allylic oxidation sites excluding steroid dienone is 4. The summed E-state index contributed by atoms with van der Waals surface area (Å²) in [7, 11) is 0. The van der Waals surface area contributed by atoms with Gasteiger partial charge in [0.2, 0.25) is 0 Å². The Bertz CT molecular complexity index is 2840. The van der Waals surface area contributed by atoms with Crippen LogP contribution in [0.3, 0.4) is 0 Å². The van der Waals surface area contributed by atoms with Crippen LogP contribution >= 0.6 is 11.8 Å². The quantitative estimate of drug-likeness (QED) is 0.169. The highest BCUT2D eigenvalue weighted by molar-refractivity contribution is 8.03. The van der Waals surface area contributed by atoms with E-state index in [1.165, 1.54) is 81.9 Å². The van der Waals surface area contributed by atoms with Crippen LogP contribution < -0.4 is 4.90 Å². The van der Waals surface area contributed by atoms with Gasteiger partial charge in [0, 0.05) is 43.6 Å². The van der Waals surface area contributed by atoms with Crippen molar-refractivity contribution in [2.24, 2.45) is 0 Å². The van der Waals surface area contributed by atoms with E-state index in [0.29, 0.717) is 5.92 Å². The van der Waals surface area contributed by atoms with Crippen molar-refractivity contribution in [1.29, 1.82) is 0 Å². The maximum Gasteiger partial charge on any atom is 0.0563 e. The van der Waals surface area contributed by atoms with Gasteiger partial charge in [-0.15, -0.1) is 0 Å². The summed E-state index contributed by atoms with van der Waals surface area (Å²) < 4.78 is 2.44. The fraction of sp³-hybridized carbons (Fsp3) is 0.0769. The van der Waals surface area contributed by atoms with Crippen molar-refractivity contribution in [2.45, 2.75) is 30.1 Å². The van der Waals surface area contributed by atoms with Crippen molar-refractivity contribution >= 4 is 51.0 Å². The molecular formula is C52H38N2S. The molecule has 262 valence electrons. The van der Waals surface area contributed by atoms with Gasteiger partial charge in [-0.3, -0.25) is 0 Å². The topological polar surface area (TPSA) is 8.17 Å². The van der Waals surface area contributed by atoms with Crippen LogP contribution in [0.15, 0.2) is 198 Å². The normalized spacial score (nSPS) is 15.7. The highest BCUT2D eigenvalue weighted by Crippen LogP contribution is 2.54. The van der Waals surface area contributed by atoms with Crippen LogP contribution in [0.5, 0.6) is 0 Å². The van der Waals surface area contributed by atoms with Crippen LogP contribution in [-0.2, 0) is 6.42 Å². The maximum absolute atomic E-state index is 2.45. The number of rotatable bonds is 6. The van der Waals surface area contributed by atoms with Crippen LogP contribution in [-0.4, -0.2) is 4.57 Å². The summed E-state index contributed by atoms with van der Waals surface area (Å²) in [4.78, 5) is 5.26. The Morgan fingerprint density at radius 2 is 1.20 bits per heavy atom. The van der Waals surface area contributed by atoms with E-state index in [-0.39, 0.29) is 0 Å². The van der Waals surface area contributed by atoms with Crippen LogP contribution in [0.2, 0.25) is 0 Å². The van der Waals surface area contributed by atoms with E-state index in [1.54, 1.807) is 0 Å². The average molecular weight is 723 g/mol. The summed E-state index contributed by atoms with van der Waals surface area (Å²) in [6.45, 7) is 0. The molecule has 8 aromatic rings. The summed E-state index contributed by atoms with van der Waals surface area (Å²) in [5, 5.41) is 2.61. The molecule has 0 radical (unpaired) electrons. The molecular weight excluding hydrogens is 685 g/mol. The van der Waals surface area contributed by atoms with Gasteiger partial charge in [-0.1, -0.05) is 133 Å². The minimum absolute atomic E-state index is 0.391. The molecule has 2 nitrogen and oxygen atoms in total. The van der Waals surface area contributed by atoms with Gasteiger partial charge in [0.15, 0.2) is 0 Å². The highest BCUT2D eigenvalue weighted by atomic mass is 32.2. The number of fused-ring (bicyclic) bond motifs is 7. The lowest BCUT2D eigenvalue weighted by Gasteiger charge is -2.31. The Balaban J connectivity index is 0.963. The predicted octanol–water partition coefficient (Wildman–Crippen LogP) is 14.3. The van der Waals surface area contributed by atoms with E-state index >= 15 is 0 Å². The van der Waals surface area contributed by atoms with E-state index in [4.69, 9.17) is 0 Å². The van der Waals surface area contributed by atoms with Crippen molar-refractivity contribution in [2.75, 3.05) is 4.90 Å². The number of nitrogens with zero attached hydrogens (tertiary/aromatic N) is 2. The number of aryl methyl sites for hydroxylation is 1. The predicted molar refractivity (Wildman–Crippen MR) is 233 cm³/mol.